The maximum atomic E-state index is 13.0. The monoisotopic (exact) mass is 362 g/mol. The van der Waals surface area contributed by atoms with E-state index in [4.69, 9.17) is 0 Å². The topological polar surface area (TPSA) is 47.6 Å². The Morgan fingerprint density at radius 1 is 1.15 bits per heavy atom. The second-order valence-corrected chi connectivity index (χ2v) is 7.76. The first kappa shape index (κ1) is 19.0. The fourth-order valence-electron chi connectivity index (χ4n) is 4.00. The Morgan fingerprint density at radius 2 is 1.96 bits per heavy atom. The fourth-order valence-corrected chi connectivity index (χ4v) is 4.00. The average molecular weight is 362 g/mol. The molecule has 2 heterocycles. The quantitative estimate of drug-likeness (QED) is 0.818. The number of halogens is 1. The zero-order valence-corrected chi connectivity index (χ0v) is 15.7. The van der Waals surface area contributed by atoms with Crippen LogP contribution in [0, 0.1) is 17.7 Å². The van der Waals surface area contributed by atoms with Crippen molar-refractivity contribution in [2.24, 2.45) is 11.8 Å². The molecule has 0 spiro atoms. The van der Waals surface area contributed by atoms with E-state index in [9.17, 15) is 9.18 Å². The number of benzene rings is 1. The Labute approximate surface area is 155 Å². The van der Waals surface area contributed by atoms with Crippen molar-refractivity contribution in [1.29, 1.82) is 0 Å². The van der Waals surface area contributed by atoms with Crippen molar-refractivity contribution in [3.63, 3.8) is 0 Å². The van der Waals surface area contributed by atoms with Gasteiger partial charge in [0.2, 0.25) is 0 Å². The van der Waals surface area contributed by atoms with Gasteiger partial charge >= 0.3 is 6.03 Å². The normalized spacial score (nSPS) is 23.8. The van der Waals surface area contributed by atoms with E-state index < -0.39 is 0 Å². The van der Waals surface area contributed by atoms with Gasteiger partial charge in [-0.3, -0.25) is 0 Å². The van der Waals surface area contributed by atoms with Crippen LogP contribution in [-0.4, -0.2) is 56.7 Å². The van der Waals surface area contributed by atoms with Crippen LogP contribution in [0.2, 0.25) is 0 Å². The van der Waals surface area contributed by atoms with Gasteiger partial charge in [-0.2, -0.15) is 0 Å². The lowest BCUT2D eigenvalue weighted by atomic mass is 10.0. The lowest BCUT2D eigenvalue weighted by Gasteiger charge is -2.30. The molecule has 2 atom stereocenters. The number of urea groups is 1. The first-order chi connectivity index (χ1) is 12.6. The lowest BCUT2D eigenvalue weighted by Crippen LogP contribution is -2.44. The summed E-state index contributed by atoms with van der Waals surface area (Å²) in [5.74, 6) is 1.000. The van der Waals surface area contributed by atoms with Crippen molar-refractivity contribution >= 4 is 11.7 Å². The van der Waals surface area contributed by atoms with Crippen LogP contribution in [0.25, 0.3) is 0 Å². The number of rotatable bonds is 6. The van der Waals surface area contributed by atoms with Crippen molar-refractivity contribution in [3.8, 4) is 0 Å². The number of hydrogen-bond donors (Lipinski definition) is 2. The number of nitrogens with one attached hydrogen (secondary N) is 2. The fraction of sp³-hybridized carbons (Fsp3) is 0.650. The number of carbonyl (C=O) groups excluding carboxylic acids is 1. The molecular formula is C20H31FN4O. The summed E-state index contributed by atoms with van der Waals surface area (Å²) in [4.78, 5) is 16.7. The Bertz CT molecular complexity index is 580. The van der Waals surface area contributed by atoms with E-state index in [1.807, 2.05) is 12.1 Å². The Kier molecular flexibility index (Phi) is 6.72. The summed E-state index contributed by atoms with van der Waals surface area (Å²) in [6.45, 7) is 8.75. The van der Waals surface area contributed by atoms with Crippen LogP contribution in [-0.2, 0) is 0 Å². The summed E-state index contributed by atoms with van der Waals surface area (Å²) in [6.07, 6.45) is 3.63. The van der Waals surface area contributed by atoms with Crippen LogP contribution < -0.4 is 15.5 Å². The molecule has 2 aliphatic rings. The third-order valence-electron chi connectivity index (χ3n) is 5.48. The van der Waals surface area contributed by atoms with E-state index in [1.165, 1.54) is 25.0 Å². The zero-order chi connectivity index (χ0) is 18.4. The van der Waals surface area contributed by atoms with Crippen LogP contribution in [0.3, 0.4) is 0 Å². The molecule has 0 aliphatic carbocycles. The standard InChI is InChI=1S/C20H31FN4O/c1-16-3-2-10-24(14-16)12-9-22-20(26)23-13-17-8-11-25(15-17)19-6-4-18(21)5-7-19/h4-7,16-17H,2-3,8-15H2,1H3,(H2,22,23,26)/t16-,17+/m0/s1. The molecule has 3 rings (SSSR count). The van der Waals surface area contributed by atoms with E-state index in [2.05, 4.69) is 27.4 Å². The molecule has 0 aromatic heterocycles. The Hall–Kier alpha value is -1.82. The Balaban J connectivity index is 1.30. The molecule has 2 amide bonds. The van der Waals surface area contributed by atoms with E-state index in [0.29, 0.717) is 19.0 Å². The second kappa shape index (κ2) is 9.21. The van der Waals surface area contributed by atoms with Crippen LogP contribution >= 0.6 is 0 Å². The summed E-state index contributed by atoms with van der Waals surface area (Å²) in [5, 5.41) is 5.97. The van der Waals surface area contributed by atoms with Crippen molar-refractivity contribution in [2.75, 3.05) is 50.7 Å². The van der Waals surface area contributed by atoms with Crippen molar-refractivity contribution < 1.29 is 9.18 Å². The molecule has 26 heavy (non-hydrogen) atoms. The number of carbonyl (C=O) groups is 1. The van der Waals surface area contributed by atoms with Crippen molar-refractivity contribution in [1.82, 2.24) is 15.5 Å². The van der Waals surface area contributed by atoms with Gasteiger partial charge in [0.05, 0.1) is 0 Å². The molecule has 0 bridgehead atoms. The molecule has 1 aromatic carbocycles. The SMILES string of the molecule is C[C@H]1CCCN(CCNC(=O)NC[C@H]2CCN(c3ccc(F)cc3)C2)C1. The highest BCUT2D eigenvalue weighted by Crippen LogP contribution is 2.23. The summed E-state index contributed by atoms with van der Waals surface area (Å²) >= 11 is 0. The number of piperidine rings is 1. The minimum Gasteiger partial charge on any atom is -0.371 e. The molecule has 6 heteroatoms. The smallest absolute Gasteiger partial charge is 0.314 e. The maximum Gasteiger partial charge on any atom is 0.314 e. The zero-order valence-electron chi connectivity index (χ0n) is 15.7. The average Bonchev–Trinajstić information content (AvgIpc) is 3.10. The molecule has 0 unspecified atom stereocenters. The van der Waals surface area contributed by atoms with Gasteiger partial charge < -0.3 is 20.4 Å². The summed E-state index contributed by atoms with van der Waals surface area (Å²) in [5.41, 5.74) is 1.05. The molecule has 2 aliphatic heterocycles. The highest BCUT2D eigenvalue weighted by molar-refractivity contribution is 5.73. The van der Waals surface area contributed by atoms with Gasteiger partial charge in [0.25, 0.3) is 0 Å². The highest BCUT2D eigenvalue weighted by atomic mass is 19.1. The van der Waals surface area contributed by atoms with E-state index in [1.54, 1.807) is 0 Å². The van der Waals surface area contributed by atoms with Gasteiger partial charge in [-0.05, 0) is 61.9 Å². The first-order valence-corrected chi connectivity index (χ1v) is 9.84. The third-order valence-corrected chi connectivity index (χ3v) is 5.48. The first-order valence-electron chi connectivity index (χ1n) is 9.84. The second-order valence-electron chi connectivity index (χ2n) is 7.76. The predicted molar refractivity (Wildman–Crippen MR) is 103 cm³/mol. The predicted octanol–water partition coefficient (Wildman–Crippen LogP) is 2.68. The number of anilines is 1. The molecule has 2 saturated heterocycles. The molecule has 2 N–H and O–H groups in total. The van der Waals surface area contributed by atoms with E-state index in [-0.39, 0.29) is 11.8 Å². The minimum atomic E-state index is -0.207. The van der Waals surface area contributed by atoms with Gasteiger partial charge in [0.1, 0.15) is 5.82 Å². The molecule has 2 fully saturated rings. The Morgan fingerprint density at radius 3 is 2.73 bits per heavy atom. The molecule has 1 aromatic rings. The molecule has 0 saturated carbocycles. The van der Waals surface area contributed by atoms with Crippen LogP contribution in [0.1, 0.15) is 26.2 Å². The van der Waals surface area contributed by atoms with Gasteiger partial charge in [-0.1, -0.05) is 6.92 Å². The number of hydrogen-bond acceptors (Lipinski definition) is 3. The lowest BCUT2D eigenvalue weighted by molar-refractivity contribution is 0.183. The van der Waals surface area contributed by atoms with Crippen LogP contribution in [0.15, 0.2) is 24.3 Å². The number of likely N-dealkylation sites (tertiary alicyclic amines) is 1. The van der Waals surface area contributed by atoms with Crippen molar-refractivity contribution in [3.05, 3.63) is 30.1 Å². The minimum absolute atomic E-state index is 0.0738. The highest BCUT2D eigenvalue weighted by Gasteiger charge is 2.23. The van der Waals surface area contributed by atoms with Gasteiger partial charge in [0.15, 0.2) is 0 Å². The van der Waals surface area contributed by atoms with Crippen LogP contribution in [0.5, 0.6) is 0 Å². The molecule has 5 nitrogen and oxygen atoms in total. The van der Waals surface area contributed by atoms with E-state index >= 15 is 0 Å². The largest absolute Gasteiger partial charge is 0.371 e. The van der Waals surface area contributed by atoms with Crippen LogP contribution in [0.4, 0.5) is 14.9 Å². The molecular weight excluding hydrogens is 331 g/mol. The third kappa shape index (κ3) is 5.59. The summed E-state index contributed by atoms with van der Waals surface area (Å²) < 4.78 is 13.0. The molecule has 0 radical (unpaired) electrons. The summed E-state index contributed by atoms with van der Waals surface area (Å²) in [7, 11) is 0. The van der Waals surface area contributed by atoms with Gasteiger partial charge in [0, 0.05) is 45.0 Å². The number of nitrogens with zero attached hydrogens (tertiary/aromatic N) is 2. The number of amides is 2. The van der Waals surface area contributed by atoms with E-state index in [0.717, 1.165) is 50.7 Å². The van der Waals surface area contributed by atoms with Gasteiger partial charge in [-0.25, -0.2) is 9.18 Å². The molecule has 144 valence electrons. The van der Waals surface area contributed by atoms with Crippen molar-refractivity contribution in [2.45, 2.75) is 26.2 Å². The van der Waals surface area contributed by atoms with Gasteiger partial charge in [-0.15, -0.1) is 0 Å². The maximum absolute atomic E-state index is 13.0. The summed E-state index contributed by atoms with van der Waals surface area (Å²) in [6, 6.07) is 6.56.